The zero-order chi connectivity index (χ0) is 13.2. The average molecular weight is 500 g/mol. The van der Waals surface area contributed by atoms with Crippen LogP contribution >= 0.6 is 63.7 Å². The molecule has 1 aliphatic rings. The van der Waals surface area contributed by atoms with Crippen LogP contribution in [0.3, 0.4) is 0 Å². The number of hydrogen-bond donors (Lipinski definition) is 0. The lowest BCUT2D eigenvalue weighted by Crippen LogP contribution is -2.27. The van der Waals surface area contributed by atoms with Gasteiger partial charge >= 0.3 is 0 Å². The summed E-state index contributed by atoms with van der Waals surface area (Å²) >= 11 is 14.8. The monoisotopic (exact) mass is 496 g/mol. The number of alkyl halides is 4. The second kappa shape index (κ2) is 5.94. The topological polar surface area (TPSA) is 0 Å². The highest BCUT2D eigenvalue weighted by Crippen LogP contribution is 2.51. The van der Waals surface area contributed by atoms with Crippen molar-refractivity contribution in [3.8, 4) is 0 Å². The first-order valence-electron chi connectivity index (χ1n) is 5.57. The molecule has 1 aromatic rings. The van der Waals surface area contributed by atoms with Gasteiger partial charge in [-0.1, -0.05) is 112 Å². The summed E-state index contributed by atoms with van der Waals surface area (Å²) in [5.74, 6) is 0. The van der Waals surface area contributed by atoms with E-state index in [1.165, 1.54) is 11.1 Å². The minimum atomic E-state index is -0.151. The van der Waals surface area contributed by atoms with Crippen LogP contribution in [0.5, 0.6) is 0 Å². The number of hydrogen-bond acceptors (Lipinski definition) is 0. The molecule has 0 aromatic heterocycles. The highest BCUT2D eigenvalue weighted by molar-refractivity contribution is 9.26. The van der Waals surface area contributed by atoms with Crippen molar-refractivity contribution in [1.29, 1.82) is 0 Å². The van der Waals surface area contributed by atoms with Gasteiger partial charge in [0.2, 0.25) is 0 Å². The molecule has 0 N–H and O–H groups in total. The van der Waals surface area contributed by atoms with Crippen molar-refractivity contribution in [3.05, 3.63) is 53.6 Å². The Morgan fingerprint density at radius 2 is 1.61 bits per heavy atom. The van der Waals surface area contributed by atoms with Gasteiger partial charge in [0.05, 0.1) is 3.23 Å². The lowest BCUT2D eigenvalue weighted by atomic mass is 9.98. The van der Waals surface area contributed by atoms with Crippen LogP contribution in [0.15, 0.2) is 48.1 Å². The molecule has 0 bridgehead atoms. The average Bonchev–Trinajstić information content (AvgIpc) is 2.24. The molecule has 0 fully saturated rings. The van der Waals surface area contributed by atoms with Crippen molar-refractivity contribution in [1.82, 2.24) is 0 Å². The molecular formula is C14H12Br4. The van der Waals surface area contributed by atoms with Crippen LogP contribution in [0, 0.1) is 0 Å². The van der Waals surface area contributed by atoms with E-state index in [1.54, 1.807) is 0 Å². The summed E-state index contributed by atoms with van der Waals surface area (Å²) in [6.07, 6.45) is 8.41. The smallest absolute Gasteiger partial charge is 0.0723 e. The van der Waals surface area contributed by atoms with E-state index >= 15 is 0 Å². The van der Waals surface area contributed by atoms with Gasteiger partial charge in [-0.25, -0.2) is 0 Å². The second-order valence-corrected chi connectivity index (χ2v) is 12.4. The van der Waals surface area contributed by atoms with Crippen molar-refractivity contribution in [2.24, 2.45) is 0 Å². The van der Waals surface area contributed by atoms with Gasteiger partial charge < -0.3 is 0 Å². The molecule has 0 nitrogen and oxygen atoms in total. The van der Waals surface area contributed by atoms with Gasteiger partial charge in [0, 0.05) is 6.42 Å². The molecule has 0 atom stereocenters. The van der Waals surface area contributed by atoms with Crippen LogP contribution in [-0.4, -0.2) is 6.47 Å². The molecule has 0 saturated carbocycles. The van der Waals surface area contributed by atoms with Crippen LogP contribution in [0.2, 0.25) is 0 Å². The molecule has 0 aliphatic heterocycles. The van der Waals surface area contributed by atoms with Crippen molar-refractivity contribution in [3.63, 3.8) is 0 Å². The first-order valence-corrected chi connectivity index (χ1v) is 8.74. The van der Waals surface area contributed by atoms with E-state index in [0.717, 1.165) is 12.8 Å². The Hall–Kier alpha value is 0.620. The fourth-order valence-corrected chi connectivity index (χ4v) is 6.54. The van der Waals surface area contributed by atoms with E-state index in [-0.39, 0.29) is 6.47 Å². The summed E-state index contributed by atoms with van der Waals surface area (Å²) in [5, 5.41) is 0. The number of halogens is 4. The SMILES string of the molecule is BrC1(Br)C=C(C=Cc2ccccc2)CC(Br)(Br)C1. The first-order chi connectivity index (χ1) is 8.36. The van der Waals surface area contributed by atoms with Gasteiger partial charge in [-0.15, -0.1) is 0 Å². The molecule has 0 heterocycles. The fourth-order valence-electron chi connectivity index (χ4n) is 1.95. The Morgan fingerprint density at radius 1 is 0.944 bits per heavy atom. The molecule has 0 spiro atoms. The number of allylic oxidation sites excluding steroid dienone is 3. The maximum atomic E-state index is 3.72. The van der Waals surface area contributed by atoms with Crippen LogP contribution in [0.25, 0.3) is 6.08 Å². The fraction of sp³-hybridized carbons (Fsp3) is 0.286. The first kappa shape index (κ1) is 15.0. The molecule has 0 saturated heterocycles. The van der Waals surface area contributed by atoms with E-state index in [4.69, 9.17) is 0 Å². The zero-order valence-corrected chi connectivity index (χ0v) is 15.9. The maximum Gasteiger partial charge on any atom is 0.101 e. The molecule has 0 radical (unpaired) electrons. The summed E-state index contributed by atoms with van der Waals surface area (Å²) in [4.78, 5) is 0. The van der Waals surface area contributed by atoms with Crippen LogP contribution in [0.4, 0.5) is 0 Å². The van der Waals surface area contributed by atoms with Gasteiger partial charge in [-0.2, -0.15) is 0 Å². The highest BCUT2D eigenvalue weighted by atomic mass is 79.9. The highest BCUT2D eigenvalue weighted by Gasteiger charge is 2.38. The Morgan fingerprint density at radius 3 is 2.22 bits per heavy atom. The molecule has 96 valence electrons. The van der Waals surface area contributed by atoms with E-state index in [0.29, 0.717) is 0 Å². The predicted octanol–water partition coefficient (Wildman–Crippen LogP) is 6.39. The van der Waals surface area contributed by atoms with Gasteiger partial charge in [0.15, 0.2) is 0 Å². The van der Waals surface area contributed by atoms with Crippen molar-refractivity contribution < 1.29 is 0 Å². The summed E-state index contributed by atoms with van der Waals surface area (Å²) in [6, 6.07) is 10.3. The van der Waals surface area contributed by atoms with Gasteiger partial charge in [-0.05, 0) is 17.6 Å². The second-order valence-electron chi connectivity index (χ2n) is 4.43. The van der Waals surface area contributed by atoms with Crippen molar-refractivity contribution in [2.45, 2.75) is 19.3 Å². The van der Waals surface area contributed by atoms with E-state index in [9.17, 15) is 0 Å². The minimum absolute atomic E-state index is 0.0574. The third-order valence-corrected chi connectivity index (χ3v) is 4.78. The van der Waals surface area contributed by atoms with E-state index in [1.807, 2.05) is 18.2 Å². The number of rotatable bonds is 2. The van der Waals surface area contributed by atoms with E-state index < -0.39 is 0 Å². The summed E-state index contributed by atoms with van der Waals surface area (Å²) in [5.41, 5.74) is 2.50. The van der Waals surface area contributed by atoms with Crippen LogP contribution < -0.4 is 0 Å². The molecule has 1 aliphatic carbocycles. The molecule has 2 rings (SSSR count). The van der Waals surface area contributed by atoms with Gasteiger partial charge in [0.25, 0.3) is 0 Å². The third-order valence-electron chi connectivity index (χ3n) is 2.64. The van der Waals surface area contributed by atoms with Gasteiger partial charge in [0.1, 0.15) is 3.23 Å². The normalized spacial score (nSPS) is 21.9. The van der Waals surface area contributed by atoms with Crippen LogP contribution in [-0.2, 0) is 0 Å². The molecular weight excluding hydrogens is 488 g/mol. The van der Waals surface area contributed by atoms with Crippen molar-refractivity contribution in [2.75, 3.05) is 0 Å². The summed E-state index contributed by atoms with van der Waals surface area (Å²) in [7, 11) is 0. The standard InChI is InChI=1S/C14H12Br4/c15-13(16)8-12(9-14(17,18)10-13)7-6-11-4-2-1-3-5-11/h1-8H,9-10H2. The maximum absolute atomic E-state index is 3.72. The van der Waals surface area contributed by atoms with Crippen LogP contribution in [0.1, 0.15) is 18.4 Å². The molecule has 4 heteroatoms. The Bertz CT molecular complexity index is 472. The molecule has 0 unspecified atom stereocenters. The quantitative estimate of drug-likeness (QED) is 0.414. The zero-order valence-electron chi connectivity index (χ0n) is 9.54. The van der Waals surface area contributed by atoms with E-state index in [2.05, 4.69) is 94.1 Å². The summed E-state index contributed by atoms with van der Waals surface area (Å²) < 4.78 is -0.209. The predicted molar refractivity (Wildman–Crippen MR) is 94.0 cm³/mol. The molecule has 1 aromatic carbocycles. The Kier molecular flexibility index (Phi) is 4.96. The lowest BCUT2D eigenvalue weighted by molar-refractivity contribution is 0.706. The molecule has 18 heavy (non-hydrogen) atoms. The minimum Gasteiger partial charge on any atom is -0.0723 e. The molecule has 0 amide bonds. The van der Waals surface area contributed by atoms with Gasteiger partial charge in [-0.3, -0.25) is 0 Å². The summed E-state index contributed by atoms with van der Waals surface area (Å²) in [6.45, 7) is 0. The Labute approximate surface area is 141 Å². The lowest BCUT2D eigenvalue weighted by Gasteiger charge is -2.33. The third kappa shape index (κ3) is 4.62. The number of benzene rings is 1. The Balaban J connectivity index is 2.19. The van der Waals surface area contributed by atoms with Crippen molar-refractivity contribution >= 4 is 69.8 Å². The largest absolute Gasteiger partial charge is 0.101 e.